The molecular formula is C31H62N2O7S5. The van der Waals surface area contributed by atoms with Gasteiger partial charge in [-0.15, -0.1) is 47.0 Å². The number of carbonyl (C=O) groups is 2. The first-order chi connectivity index (χ1) is 21.1. The van der Waals surface area contributed by atoms with E-state index in [4.69, 9.17) is 14.6 Å². The molecule has 0 bridgehead atoms. The van der Waals surface area contributed by atoms with Crippen molar-refractivity contribution in [3.63, 3.8) is 0 Å². The molecule has 0 saturated heterocycles. The van der Waals surface area contributed by atoms with E-state index in [-0.39, 0.29) is 27.9 Å². The van der Waals surface area contributed by atoms with Gasteiger partial charge in [-0.1, -0.05) is 6.92 Å². The molecule has 9 nitrogen and oxygen atoms in total. The maximum absolute atomic E-state index is 11.6. The molecule has 0 fully saturated rings. The highest BCUT2D eigenvalue weighted by atomic mass is 32.2. The van der Waals surface area contributed by atoms with Crippen LogP contribution in [0.25, 0.3) is 0 Å². The zero-order valence-corrected chi connectivity index (χ0v) is 33.1. The van der Waals surface area contributed by atoms with Gasteiger partial charge in [-0.05, 0) is 45.0 Å². The van der Waals surface area contributed by atoms with Crippen LogP contribution in [0.5, 0.6) is 0 Å². The summed E-state index contributed by atoms with van der Waals surface area (Å²) in [5.74, 6) is 3.38. The van der Waals surface area contributed by atoms with Gasteiger partial charge in [0.25, 0.3) is 0 Å². The minimum atomic E-state index is -1.05. The van der Waals surface area contributed by atoms with Crippen LogP contribution in [0.3, 0.4) is 0 Å². The molecule has 2 unspecified atom stereocenters. The van der Waals surface area contributed by atoms with Crippen LogP contribution >= 0.6 is 58.8 Å². The number of ether oxygens (including phenoxy) is 2. The van der Waals surface area contributed by atoms with E-state index in [1.165, 1.54) is 0 Å². The maximum atomic E-state index is 11.6. The standard InChI is InChI=1S/C31H62N2O7S5/c1-8-42-30(2,3)43-21-10-14-32(6,26-28(35)36)12-9-13-33(7,27-29(37)38)15-11-22-44-31(4,5)45-25-20-40-18-17-39-19-24-41-23-16-34/h34H,8-27H2,1-7H3. The van der Waals surface area contributed by atoms with E-state index in [0.29, 0.717) is 48.5 Å². The van der Waals surface area contributed by atoms with Gasteiger partial charge in [-0.25, -0.2) is 0 Å². The Kier molecular flexibility index (Phi) is 25.7. The molecule has 268 valence electrons. The molecule has 0 aliphatic carbocycles. The van der Waals surface area contributed by atoms with E-state index in [0.717, 1.165) is 66.9 Å². The smallest absolute Gasteiger partial charge is 0.119 e. The average molecular weight is 735 g/mol. The van der Waals surface area contributed by atoms with Crippen molar-refractivity contribution in [2.75, 3.05) is 121 Å². The molecule has 0 aromatic carbocycles. The molecule has 0 amide bonds. The second-order valence-corrected chi connectivity index (χ2v) is 21.4. The number of hydrogen-bond donors (Lipinski definition) is 1. The molecule has 0 aliphatic heterocycles. The molecule has 2 atom stereocenters. The molecule has 0 spiro atoms. The fraction of sp³-hybridized carbons (Fsp3) is 0.935. The number of rotatable bonds is 32. The van der Waals surface area contributed by atoms with Gasteiger partial charge in [0.2, 0.25) is 0 Å². The SMILES string of the molecule is CCSC(C)(C)SCCC[N+](C)(CCC[N+](C)(CCCSC(C)(C)SCCOCCOCCSCCO)CC(=O)[O-])CC(=O)[O-]. The zero-order chi connectivity index (χ0) is 34.2. The number of nitrogens with zero attached hydrogens (tertiary/aromatic N) is 2. The molecule has 0 heterocycles. The summed E-state index contributed by atoms with van der Waals surface area (Å²) in [5.41, 5.74) is 0. The normalized spacial score (nSPS) is 15.1. The molecule has 0 rings (SSSR count). The van der Waals surface area contributed by atoms with Gasteiger partial charge in [-0.2, -0.15) is 11.8 Å². The van der Waals surface area contributed by atoms with Crippen LogP contribution in [0.1, 0.15) is 53.9 Å². The molecule has 0 saturated carbocycles. The van der Waals surface area contributed by atoms with Crippen LogP contribution < -0.4 is 10.2 Å². The lowest BCUT2D eigenvalue weighted by molar-refractivity contribution is -0.922. The fourth-order valence-electron chi connectivity index (χ4n) is 4.91. The summed E-state index contributed by atoms with van der Waals surface area (Å²) in [6, 6.07) is 0. The predicted octanol–water partition coefficient (Wildman–Crippen LogP) is 2.73. The fourth-order valence-corrected chi connectivity index (χ4v) is 10.2. The molecule has 0 aromatic rings. The van der Waals surface area contributed by atoms with Crippen molar-refractivity contribution in [2.24, 2.45) is 0 Å². The summed E-state index contributed by atoms with van der Waals surface area (Å²) in [6.45, 7) is 16.5. The number of aliphatic carboxylic acids is 2. The molecule has 0 aliphatic rings. The quantitative estimate of drug-likeness (QED) is 0.0622. The Bertz CT molecular complexity index is 797. The molecule has 14 heteroatoms. The predicted molar refractivity (Wildman–Crippen MR) is 195 cm³/mol. The lowest BCUT2D eigenvalue weighted by atomic mass is 10.2. The number of carboxylic acids is 2. The molecule has 45 heavy (non-hydrogen) atoms. The Morgan fingerprint density at radius 3 is 1.51 bits per heavy atom. The minimum absolute atomic E-state index is 0.0223. The summed E-state index contributed by atoms with van der Waals surface area (Å²) in [7, 11) is 3.95. The highest BCUT2D eigenvalue weighted by Crippen LogP contribution is 2.37. The van der Waals surface area contributed by atoms with Gasteiger partial charge in [0.05, 0.1) is 93.4 Å². The van der Waals surface area contributed by atoms with Crippen molar-refractivity contribution in [1.29, 1.82) is 0 Å². The van der Waals surface area contributed by atoms with Gasteiger partial charge in [0.15, 0.2) is 0 Å². The monoisotopic (exact) mass is 734 g/mol. The Morgan fingerprint density at radius 1 is 0.644 bits per heavy atom. The third-order valence-electron chi connectivity index (χ3n) is 7.15. The zero-order valence-electron chi connectivity index (χ0n) is 29.0. The Hall–Kier alpha value is 0.490. The first-order valence-corrected chi connectivity index (χ1v) is 21.1. The van der Waals surface area contributed by atoms with Crippen LogP contribution in [0.2, 0.25) is 0 Å². The number of aliphatic hydroxyl groups is 1. The number of likely N-dealkylation sites (N-methyl/N-ethyl adjacent to an activating group) is 2. The topological polar surface area (TPSA) is 119 Å². The highest BCUT2D eigenvalue weighted by molar-refractivity contribution is 8.18. The maximum Gasteiger partial charge on any atom is 0.119 e. The first kappa shape index (κ1) is 45.5. The van der Waals surface area contributed by atoms with Gasteiger partial charge >= 0.3 is 0 Å². The van der Waals surface area contributed by atoms with E-state index >= 15 is 0 Å². The minimum Gasteiger partial charge on any atom is -0.544 e. The number of carboxylic acid groups (broad SMARTS) is 2. The van der Waals surface area contributed by atoms with Crippen molar-refractivity contribution >= 4 is 70.7 Å². The van der Waals surface area contributed by atoms with Crippen molar-refractivity contribution in [3.05, 3.63) is 0 Å². The van der Waals surface area contributed by atoms with E-state index in [1.807, 2.05) is 61.1 Å². The van der Waals surface area contributed by atoms with Crippen LogP contribution in [0, 0.1) is 0 Å². The number of hydrogen-bond acceptors (Lipinski definition) is 12. The van der Waals surface area contributed by atoms with Crippen molar-refractivity contribution < 1.29 is 43.3 Å². The average Bonchev–Trinajstić information content (AvgIpc) is 2.91. The lowest BCUT2D eigenvalue weighted by Crippen LogP contribution is -2.55. The summed E-state index contributed by atoms with van der Waals surface area (Å²) >= 11 is 9.26. The van der Waals surface area contributed by atoms with E-state index in [1.54, 1.807) is 11.8 Å². The van der Waals surface area contributed by atoms with Gasteiger partial charge in [0.1, 0.15) is 13.1 Å². The van der Waals surface area contributed by atoms with Gasteiger partial charge in [0, 0.05) is 36.5 Å². The van der Waals surface area contributed by atoms with Crippen LogP contribution in [-0.4, -0.2) is 155 Å². The Balaban J connectivity index is 4.56. The van der Waals surface area contributed by atoms with Gasteiger partial charge < -0.3 is 43.3 Å². The largest absolute Gasteiger partial charge is 0.544 e. The summed E-state index contributed by atoms with van der Waals surface area (Å²) < 4.78 is 12.2. The Morgan fingerprint density at radius 2 is 1.07 bits per heavy atom. The molecular weight excluding hydrogens is 673 g/mol. The first-order valence-electron chi connectivity index (χ1n) is 16.0. The van der Waals surface area contributed by atoms with Gasteiger partial charge in [-0.3, -0.25) is 0 Å². The lowest BCUT2D eigenvalue weighted by Gasteiger charge is -2.39. The molecule has 1 N–H and O–H groups in total. The van der Waals surface area contributed by atoms with Crippen LogP contribution in [0.15, 0.2) is 0 Å². The third-order valence-corrected chi connectivity index (χ3v) is 13.9. The highest BCUT2D eigenvalue weighted by Gasteiger charge is 2.27. The van der Waals surface area contributed by atoms with Crippen molar-refractivity contribution in [2.45, 2.75) is 62.0 Å². The molecule has 0 radical (unpaired) electrons. The van der Waals surface area contributed by atoms with E-state index in [9.17, 15) is 19.8 Å². The summed E-state index contributed by atoms with van der Waals surface area (Å²) in [4.78, 5) is 23.2. The third kappa shape index (κ3) is 27.1. The Labute approximate surface area is 295 Å². The van der Waals surface area contributed by atoms with Crippen LogP contribution in [-0.2, 0) is 19.1 Å². The second kappa shape index (κ2) is 25.5. The van der Waals surface area contributed by atoms with Crippen LogP contribution in [0.4, 0.5) is 0 Å². The van der Waals surface area contributed by atoms with E-state index in [2.05, 4.69) is 34.6 Å². The van der Waals surface area contributed by atoms with Crippen molar-refractivity contribution in [1.82, 2.24) is 0 Å². The second-order valence-electron chi connectivity index (χ2n) is 12.6. The summed E-state index contributed by atoms with van der Waals surface area (Å²) in [6.07, 6.45) is 2.54. The molecule has 0 aromatic heterocycles. The number of aliphatic hydroxyl groups excluding tert-OH is 1. The number of carbonyl (C=O) groups excluding carboxylic acids is 2. The van der Waals surface area contributed by atoms with Crippen molar-refractivity contribution in [3.8, 4) is 0 Å². The van der Waals surface area contributed by atoms with E-state index < -0.39 is 11.9 Å². The number of thioether (sulfide) groups is 5. The number of quaternary nitrogens is 2. The summed E-state index contributed by atoms with van der Waals surface area (Å²) in [5, 5.41) is 32.0.